The van der Waals surface area contributed by atoms with Crippen LogP contribution in [0.15, 0.2) is 30.5 Å². The van der Waals surface area contributed by atoms with Crippen molar-refractivity contribution in [3.8, 4) is 0 Å². The lowest BCUT2D eigenvalue weighted by molar-refractivity contribution is 0.901. The van der Waals surface area contributed by atoms with Gasteiger partial charge in [-0.15, -0.1) is 0 Å². The Bertz CT molecular complexity index is 564. The summed E-state index contributed by atoms with van der Waals surface area (Å²) in [5, 5.41) is 4.44. The number of aromatic nitrogens is 1. The lowest BCUT2D eigenvalue weighted by Crippen LogP contribution is -2.17. The second-order valence-corrected chi connectivity index (χ2v) is 4.67. The van der Waals surface area contributed by atoms with Crippen molar-refractivity contribution >= 4 is 33.8 Å². The van der Waals surface area contributed by atoms with E-state index in [1.165, 1.54) is 0 Å². The first-order valence-electron chi connectivity index (χ1n) is 5.53. The molecule has 0 bridgehead atoms. The molecule has 2 aromatic rings. The molecular weight excluding hydrogens is 230 g/mol. The second kappa shape index (κ2) is 4.67. The van der Waals surface area contributed by atoms with Crippen LogP contribution >= 0.6 is 12.2 Å². The normalized spacial score (nSPS) is 10.8. The summed E-state index contributed by atoms with van der Waals surface area (Å²) in [4.78, 5) is 4.73. The Balaban J connectivity index is 2.70. The Morgan fingerprint density at radius 3 is 2.71 bits per heavy atom. The number of nitrogens with one attached hydrogen (secondary N) is 1. The summed E-state index contributed by atoms with van der Waals surface area (Å²) in [5.41, 5.74) is 8.44. The third kappa shape index (κ3) is 2.36. The van der Waals surface area contributed by atoms with Gasteiger partial charge >= 0.3 is 0 Å². The molecule has 1 aromatic carbocycles. The van der Waals surface area contributed by atoms with E-state index in [0.717, 1.165) is 22.2 Å². The fourth-order valence-electron chi connectivity index (χ4n) is 1.77. The molecule has 0 unspecified atom stereocenters. The molecule has 2 rings (SSSR count). The number of hydrogen-bond acceptors (Lipinski definition) is 3. The van der Waals surface area contributed by atoms with E-state index in [1.54, 1.807) is 6.20 Å². The van der Waals surface area contributed by atoms with Gasteiger partial charge in [0.15, 0.2) is 0 Å². The van der Waals surface area contributed by atoms with Gasteiger partial charge in [0.05, 0.1) is 16.8 Å². The van der Waals surface area contributed by atoms with Crippen LogP contribution in [-0.4, -0.2) is 16.0 Å². The van der Waals surface area contributed by atoms with E-state index in [0.29, 0.717) is 11.0 Å². The average molecular weight is 245 g/mol. The van der Waals surface area contributed by atoms with Crippen LogP contribution < -0.4 is 11.1 Å². The lowest BCUT2D eigenvalue weighted by Gasteiger charge is -2.16. The van der Waals surface area contributed by atoms with Crippen LogP contribution in [0, 0.1) is 0 Å². The standard InChI is InChI=1S/C13H15N3S/c1-8(2)16-12-9-5-3-4-6-11(9)15-7-10(12)13(14)17/h3-8H,1-2H3,(H2,14,17)(H,15,16). The fraction of sp³-hybridized carbons (Fsp3) is 0.231. The molecule has 0 saturated heterocycles. The Labute approximate surface area is 106 Å². The van der Waals surface area contributed by atoms with Crippen LogP contribution in [0.4, 0.5) is 5.69 Å². The topological polar surface area (TPSA) is 50.9 Å². The summed E-state index contributed by atoms with van der Waals surface area (Å²) in [6, 6.07) is 8.26. The maximum absolute atomic E-state index is 5.73. The van der Waals surface area contributed by atoms with Crippen LogP contribution in [-0.2, 0) is 0 Å². The molecule has 0 saturated carbocycles. The van der Waals surface area contributed by atoms with Gasteiger partial charge in [-0.25, -0.2) is 0 Å². The van der Waals surface area contributed by atoms with E-state index < -0.39 is 0 Å². The number of pyridine rings is 1. The minimum Gasteiger partial charge on any atom is -0.389 e. The minimum atomic E-state index is 0.314. The summed E-state index contributed by atoms with van der Waals surface area (Å²) in [5.74, 6) is 0. The molecule has 88 valence electrons. The highest BCUT2D eigenvalue weighted by atomic mass is 32.1. The van der Waals surface area contributed by atoms with Crippen LogP contribution in [0.2, 0.25) is 0 Å². The van der Waals surface area contributed by atoms with Crippen molar-refractivity contribution in [3.63, 3.8) is 0 Å². The van der Waals surface area contributed by atoms with Crippen molar-refractivity contribution in [1.82, 2.24) is 4.98 Å². The van der Waals surface area contributed by atoms with Gasteiger partial charge in [-0.3, -0.25) is 4.98 Å². The smallest absolute Gasteiger partial charge is 0.107 e. The summed E-state index contributed by atoms with van der Waals surface area (Å²) in [6.07, 6.45) is 1.73. The first-order valence-corrected chi connectivity index (χ1v) is 5.94. The first-order chi connectivity index (χ1) is 8.09. The van der Waals surface area contributed by atoms with Crippen LogP contribution in [0.5, 0.6) is 0 Å². The number of thiocarbonyl (C=S) groups is 1. The molecule has 0 radical (unpaired) electrons. The maximum atomic E-state index is 5.73. The number of nitrogens with two attached hydrogens (primary N) is 1. The first kappa shape index (κ1) is 11.8. The van der Waals surface area contributed by atoms with E-state index in [2.05, 4.69) is 24.1 Å². The number of para-hydroxylation sites is 1. The van der Waals surface area contributed by atoms with Crippen molar-refractivity contribution in [2.24, 2.45) is 5.73 Å². The third-order valence-electron chi connectivity index (χ3n) is 2.47. The molecule has 0 atom stereocenters. The van der Waals surface area contributed by atoms with Crippen LogP contribution in [0.3, 0.4) is 0 Å². The van der Waals surface area contributed by atoms with Crippen molar-refractivity contribution in [1.29, 1.82) is 0 Å². The average Bonchev–Trinajstić information content (AvgIpc) is 2.28. The molecule has 1 aromatic heterocycles. The fourth-order valence-corrected chi connectivity index (χ4v) is 1.93. The minimum absolute atomic E-state index is 0.314. The zero-order chi connectivity index (χ0) is 12.4. The zero-order valence-electron chi connectivity index (χ0n) is 9.90. The predicted molar refractivity (Wildman–Crippen MR) is 76.4 cm³/mol. The molecule has 3 N–H and O–H groups in total. The van der Waals surface area contributed by atoms with Gasteiger partial charge < -0.3 is 11.1 Å². The van der Waals surface area contributed by atoms with Crippen LogP contribution in [0.1, 0.15) is 19.4 Å². The Hall–Kier alpha value is -1.68. The summed E-state index contributed by atoms with van der Waals surface area (Å²) >= 11 is 5.06. The molecule has 0 aliphatic heterocycles. The summed E-state index contributed by atoms with van der Waals surface area (Å²) in [6.45, 7) is 4.16. The van der Waals surface area contributed by atoms with Crippen molar-refractivity contribution < 1.29 is 0 Å². The molecule has 17 heavy (non-hydrogen) atoms. The number of anilines is 1. The summed E-state index contributed by atoms with van der Waals surface area (Å²) in [7, 11) is 0. The number of nitrogens with zero attached hydrogens (tertiary/aromatic N) is 1. The second-order valence-electron chi connectivity index (χ2n) is 4.23. The monoisotopic (exact) mass is 245 g/mol. The molecule has 0 aliphatic rings. The van der Waals surface area contributed by atoms with Gasteiger partial charge in [0.25, 0.3) is 0 Å². The number of rotatable bonds is 3. The highest BCUT2D eigenvalue weighted by Crippen LogP contribution is 2.26. The van der Waals surface area contributed by atoms with Crippen molar-refractivity contribution in [2.45, 2.75) is 19.9 Å². The molecule has 1 heterocycles. The van der Waals surface area contributed by atoms with E-state index in [4.69, 9.17) is 18.0 Å². The maximum Gasteiger partial charge on any atom is 0.107 e. The molecule has 0 aliphatic carbocycles. The van der Waals surface area contributed by atoms with E-state index in [-0.39, 0.29) is 0 Å². The van der Waals surface area contributed by atoms with Gasteiger partial charge in [-0.1, -0.05) is 30.4 Å². The number of benzene rings is 1. The molecule has 0 spiro atoms. The number of fused-ring (bicyclic) bond motifs is 1. The molecule has 0 fully saturated rings. The SMILES string of the molecule is CC(C)Nc1c(C(N)=S)cnc2ccccc12. The lowest BCUT2D eigenvalue weighted by atomic mass is 10.1. The van der Waals surface area contributed by atoms with E-state index in [9.17, 15) is 0 Å². The third-order valence-corrected chi connectivity index (χ3v) is 2.69. The van der Waals surface area contributed by atoms with Gasteiger partial charge in [0.1, 0.15) is 4.99 Å². The van der Waals surface area contributed by atoms with Gasteiger partial charge in [0, 0.05) is 17.6 Å². The van der Waals surface area contributed by atoms with Crippen molar-refractivity contribution in [3.05, 3.63) is 36.0 Å². The van der Waals surface area contributed by atoms with Gasteiger partial charge in [0.2, 0.25) is 0 Å². The van der Waals surface area contributed by atoms with Crippen LogP contribution in [0.25, 0.3) is 10.9 Å². The van der Waals surface area contributed by atoms with E-state index >= 15 is 0 Å². The van der Waals surface area contributed by atoms with Gasteiger partial charge in [-0.2, -0.15) is 0 Å². The van der Waals surface area contributed by atoms with E-state index in [1.807, 2.05) is 24.3 Å². The van der Waals surface area contributed by atoms with Crippen molar-refractivity contribution in [2.75, 3.05) is 5.32 Å². The number of hydrogen-bond donors (Lipinski definition) is 2. The molecule has 0 amide bonds. The highest BCUT2D eigenvalue weighted by Gasteiger charge is 2.11. The quantitative estimate of drug-likeness (QED) is 0.816. The molecular formula is C13H15N3S. The Morgan fingerprint density at radius 2 is 2.06 bits per heavy atom. The summed E-state index contributed by atoms with van der Waals surface area (Å²) < 4.78 is 0. The predicted octanol–water partition coefficient (Wildman–Crippen LogP) is 2.69. The molecule has 3 nitrogen and oxygen atoms in total. The zero-order valence-corrected chi connectivity index (χ0v) is 10.7. The van der Waals surface area contributed by atoms with Gasteiger partial charge in [-0.05, 0) is 19.9 Å². The Morgan fingerprint density at radius 1 is 1.35 bits per heavy atom. The molecule has 4 heteroatoms. The largest absolute Gasteiger partial charge is 0.389 e. The Kier molecular flexibility index (Phi) is 3.24. The highest BCUT2D eigenvalue weighted by molar-refractivity contribution is 7.80.